The van der Waals surface area contributed by atoms with Crippen molar-refractivity contribution in [1.82, 2.24) is 0 Å². The minimum absolute atomic E-state index is 0.0410. The lowest BCUT2D eigenvalue weighted by Gasteiger charge is -1.98. The highest BCUT2D eigenvalue weighted by molar-refractivity contribution is 6.00. The molecule has 0 spiro atoms. The van der Waals surface area contributed by atoms with Crippen LogP contribution in [0, 0.1) is 15.5 Å². The van der Waals surface area contributed by atoms with Crippen LogP contribution in [0.3, 0.4) is 0 Å². The van der Waals surface area contributed by atoms with Gasteiger partial charge in [-0.15, -0.1) is 5.11 Å². The van der Waals surface area contributed by atoms with Gasteiger partial charge in [0, 0.05) is 23.6 Å². The van der Waals surface area contributed by atoms with Gasteiger partial charge in [0.1, 0.15) is 0 Å². The summed E-state index contributed by atoms with van der Waals surface area (Å²) in [6.07, 6.45) is 0. The number of nitrogens with zero attached hydrogens (tertiary/aromatic N) is 5. The van der Waals surface area contributed by atoms with Gasteiger partial charge in [0.25, 0.3) is 5.69 Å². The fourth-order valence-corrected chi connectivity index (χ4v) is 2.22. The molecule has 0 heterocycles. The highest BCUT2D eigenvalue weighted by Crippen LogP contribution is 2.34. The average molecular weight is 304 g/mol. The first-order valence-electron chi connectivity index (χ1n) is 6.72. The lowest BCUT2D eigenvalue weighted by molar-refractivity contribution is -0.384. The number of nitro benzene ring substituents is 1. The lowest BCUT2D eigenvalue weighted by atomic mass is 10.1. The first-order chi connectivity index (χ1) is 11.2. The van der Waals surface area contributed by atoms with Crippen molar-refractivity contribution >= 4 is 33.5 Å². The van der Waals surface area contributed by atoms with E-state index in [-0.39, 0.29) is 5.69 Å². The van der Waals surface area contributed by atoms with E-state index >= 15 is 0 Å². The Balaban J connectivity index is 2.04. The zero-order chi connectivity index (χ0) is 16.2. The SMILES string of the molecule is N#[N+]c1ccc(N=Nc2cccc([N+](=O)[O-])c2)c2ccccc12. The molecule has 3 aromatic rings. The van der Waals surface area contributed by atoms with E-state index in [9.17, 15) is 10.1 Å². The van der Waals surface area contributed by atoms with Crippen molar-refractivity contribution in [1.29, 1.82) is 5.39 Å². The molecule has 0 aliphatic rings. The van der Waals surface area contributed by atoms with E-state index in [1.54, 1.807) is 24.3 Å². The molecule has 0 radical (unpaired) electrons. The summed E-state index contributed by atoms with van der Waals surface area (Å²) < 4.78 is 0. The molecule has 0 amide bonds. The maximum Gasteiger partial charge on any atom is 0.392 e. The number of hydrogen-bond donors (Lipinski definition) is 0. The van der Waals surface area contributed by atoms with Gasteiger partial charge in [0.2, 0.25) is 5.39 Å². The summed E-state index contributed by atoms with van der Waals surface area (Å²) in [6, 6.07) is 16.6. The van der Waals surface area contributed by atoms with Crippen LogP contribution >= 0.6 is 0 Å². The van der Waals surface area contributed by atoms with Crippen molar-refractivity contribution in [2.24, 2.45) is 10.2 Å². The van der Waals surface area contributed by atoms with Crippen LogP contribution in [-0.4, -0.2) is 4.92 Å². The average Bonchev–Trinajstić information content (AvgIpc) is 2.59. The van der Waals surface area contributed by atoms with Crippen LogP contribution in [0.1, 0.15) is 0 Å². The number of hydrogen-bond acceptors (Lipinski definition) is 5. The van der Waals surface area contributed by atoms with Gasteiger partial charge in [-0.2, -0.15) is 5.11 Å². The van der Waals surface area contributed by atoms with Crippen molar-refractivity contribution in [2.45, 2.75) is 0 Å². The number of benzene rings is 3. The molecule has 0 bridgehead atoms. The van der Waals surface area contributed by atoms with E-state index in [2.05, 4.69) is 15.2 Å². The van der Waals surface area contributed by atoms with Crippen LogP contribution in [0.5, 0.6) is 0 Å². The van der Waals surface area contributed by atoms with Crippen LogP contribution in [-0.2, 0) is 0 Å². The second kappa shape index (κ2) is 5.99. The van der Waals surface area contributed by atoms with Crippen molar-refractivity contribution < 1.29 is 4.92 Å². The summed E-state index contributed by atoms with van der Waals surface area (Å²) in [4.78, 5) is 13.5. The highest BCUT2D eigenvalue weighted by Gasteiger charge is 2.13. The van der Waals surface area contributed by atoms with Gasteiger partial charge in [-0.25, -0.2) is 0 Å². The van der Waals surface area contributed by atoms with E-state index in [1.165, 1.54) is 12.1 Å². The summed E-state index contributed by atoms with van der Waals surface area (Å²) in [5.41, 5.74) is 1.37. The molecule has 110 valence electrons. The van der Waals surface area contributed by atoms with Crippen LogP contribution in [0.15, 0.2) is 70.9 Å². The van der Waals surface area contributed by atoms with E-state index in [4.69, 9.17) is 5.39 Å². The minimum Gasteiger partial charge on any atom is -0.258 e. The smallest absolute Gasteiger partial charge is 0.258 e. The van der Waals surface area contributed by atoms with E-state index in [0.717, 1.165) is 10.8 Å². The van der Waals surface area contributed by atoms with Crippen molar-refractivity contribution in [3.8, 4) is 0 Å². The van der Waals surface area contributed by atoms with Crippen LogP contribution < -0.4 is 0 Å². The molecule has 0 aliphatic heterocycles. The van der Waals surface area contributed by atoms with Crippen molar-refractivity contribution in [2.75, 3.05) is 0 Å². The number of azo groups is 1. The van der Waals surface area contributed by atoms with Gasteiger partial charge in [-0.1, -0.05) is 24.3 Å². The third kappa shape index (κ3) is 2.87. The van der Waals surface area contributed by atoms with Gasteiger partial charge in [0.15, 0.2) is 4.98 Å². The second-order valence-corrected chi connectivity index (χ2v) is 4.73. The Hall–Kier alpha value is -3.66. The number of rotatable bonds is 3. The van der Waals surface area contributed by atoms with Gasteiger partial charge in [-0.05, 0) is 18.2 Å². The number of fused-ring (bicyclic) bond motifs is 1. The first-order valence-corrected chi connectivity index (χ1v) is 6.72. The van der Waals surface area contributed by atoms with Gasteiger partial charge >= 0.3 is 5.69 Å². The van der Waals surface area contributed by atoms with Crippen LogP contribution in [0.25, 0.3) is 15.7 Å². The quantitative estimate of drug-likeness (QED) is 0.271. The van der Waals surface area contributed by atoms with Gasteiger partial charge in [0.05, 0.1) is 21.7 Å². The maximum absolute atomic E-state index is 10.8. The fourth-order valence-electron chi connectivity index (χ4n) is 2.22. The zero-order valence-corrected chi connectivity index (χ0v) is 11.8. The van der Waals surface area contributed by atoms with Crippen LogP contribution in [0.4, 0.5) is 22.7 Å². The third-order valence-electron chi connectivity index (χ3n) is 3.30. The standard InChI is InChI=1S/C16H10N5O2/c17-18-15-8-9-16(14-7-2-1-6-13(14)15)20-19-11-4-3-5-12(10-11)21(22)23/h1-10H/q+1. The van der Waals surface area contributed by atoms with E-state index in [0.29, 0.717) is 17.1 Å². The fraction of sp³-hybridized carbons (Fsp3) is 0. The summed E-state index contributed by atoms with van der Waals surface area (Å²) in [5, 5.41) is 29.5. The van der Waals surface area contributed by atoms with Gasteiger partial charge in [-0.3, -0.25) is 10.1 Å². The molecule has 0 saturated carbocycles. The Morgan fingerprint density at radius 2 is 1.74 bits per heavy atom. The minimum atomic E-state index is -0.480. The molecule has 7 nitrogen and oxygen atoms in total. The maximum atomic E-state index is 10.8. The molecule has 0 unspecified atom stereocenters. The number of nitro groups is 1. The highest BCUT2D eigenvalue weighted by atomic mass is 16.6. The first kappa shape index (κ1) is 14.3. The Morgan fingerprint density at radius 1 is 0.957 bits per heavy atom. The topological polar surface area (TPSA) is 96.0 Å². The Kier molecular flexibility index (Phi) is 3.72. The molecule has 0 atom stereocenters. The molecule has 0 fully saturated rings. The molecule has 0 aromatic heterocycles. The normalized spacial score (nSPS) is 10.7. The van der Waals surface area contributed by atoms with Crippen LogP contribution in [0.2, 0.25) is 0 Å². The zero-order valence-electron chi connectivity index (χ0n) is 11.8. The molecule has 3 aromatic carbocycles. The van der Waals surface area contributed by atoms with Crippen molar-refractivity contribution in [3.05, 3.63) is 75.8 Å². The predicted octanol–water partition coefficient (Wildman–Crippen LogP) is 5.65. The molecule has 0 aliphatic carbocycles. The second-order valence-electron chi connectivity index (χ2n) is 4.73. The molecule has 0 saturated heterocycles. The van der Waals surface area contributed by atoms with Crippen molar-refractivity contribution in [3.63, 3.8) is 0 Å². The lowest BCUT2D eigenvalue weighted by Crippen LogP contribution is -1.85. The Bertz CT molecular complexity index is 976. The summed E-state index contributed by atoms with van der Waals surface area (Å²) in [5.74, 6) is 0. The summed E-state index contributed by atoms with van der Waals surface area (Å²) >= 11 is 0. The third-order valence-corrected chi connectivity index (χ3v) is 3.30. The number of non-ortho nitro benzene ring substituents is 1. The largest absolute Gasteiger partial charge is 0.392 e. The Morgan fingerprint density at radius 3 is 2.48 bits per heavy atom. The molecular weight excluding hydrogens is 294 g/mol. The molecule has 0 N–H and O–H groups in total. The monoisotopic (exact) mass is 304 g/mol. The summed E-state index contributed by atoms with van der Waals surface area (Å²) in [6.45, 7) is 0. The van der Waals surface area contributed by atoms with Gasteiger partial charge < -0.3 is 0 Å². The number of diazo groups is 1. The molecule has 3 rings (SSSR count). The predicted molar refractivity (Wildman–Crippen MR) is 86.0 cm³/mol. The molecule has 23 heavy (non-hydrogen) atoms. The molecular formula is C16H10N5O2+. The van der Waals surface area contributed by atoms with E-state index in [1.807, 2.05) is 24.3 Å². The molecule has 7 heteroatoms. The van der Waals surface area contributed by atoms with E-state index < -0.39 is 4.92 Å². The Labute approximate surface area is 130 Å². The summed E-state index contributed by atoms with van der Waals surface area (Å²) in [7, 11) is 0.